The number of benzene rings is 1. The van der Waals surface area contributed by atoms with Crippen LogP contribution in [0.2, 0.25) is 0 Å². The summed E-state index contributed by atoms with van der Waals surface area (Å²) in [6, 6.07) is 10.1. The lowest BCUT2D eigenvalue weighted by Crippen LogP contribution is -2.36. The maximum atomic E-state index is 11.9. The maximum absolute atomic E-state index is 11.9. The van der Waals surface area contributed by atoms with Crippen molar-refractivity contribution in [1.82, 2.24) is 4.90 Å². The Labute approximate surface area is 96.2 Å². The van der Waals surface area contributed by atoms with Crippen LogP contribution in [0.15, 0.2) is 30.3 Å². The minimum absolute atomic E-state index is 0.0932. The van der Waals surface area contributed by atoms with Crippen LogP contribution in [0.5, 0.6) is 0 Å². The van der Waals surface area contributed by atoms with Gasteiger partial charge >= 0.3 is 0 Å². The van der Waals surface area contributed by atoms with Gasteiger partial charge in [0.15, 0.2) is 0 Å². The monoisotopic (exact) mass is 218 g/mol. The zero-order valence-corrected chi connectivity index (χ0v) is 9.60. The average Bonchev–Trinajstić information content (AvgIpc) is 2.64. The Morgan fingerprint density at radius 2 is 2.12 bits per heavy atom. The lowest BCUT2D eigenvalue weighted by atomic mass is 10.0. The van der Waals surface area contributed by atoms with E-state index in [0.717, 1.165) is 19.4 Å². The summed E-state index contributed by atoms with van der Waals surface area (Å²) >= 11 is 0. The van der Waals surface area contributed by atoms with E-state index in [-0.39, 0.29) is 18.0 Å². The number of nitrogens with zero attached hydrogens (tertiary/aromatic N) is 1. The minimum atomic E-state index is -0.294. The van der Waals surface area contributed by atoms with Crippen molar-refractivity contribution in [2.75, 3.05) is 6.54 Å². The topological polar surface area (TPSA) is 46.3 Å². The Hall–Kier alpha value is -1.35. The van der Waals surface area contributed by atoms with Crippen molar-refractivity contribution in [2.45, 2.75) is 31.8 Å². The maximum Gasteiger partial charge on any atom is 0.240 e. The third kappa shape index (κ3) is 1.95. The third-order valence-corrected chi connectivity index (χ3v) is 3.23. The van der Waals surface area contributed by atoms with E-state index in [2.05, 4.69) is 19.1 Å². The highest BCUT2D eigenvalue weighted by molar-refractivity contribution is 5.84. The molecule has 2 N–H and O–H groups in total. The smallest absolute Gasteiger partial charge is 0.240 e. The van der Waals surface area contributed by atoms with Crippen LogP contribution < -0.4 is 5.73 Å². The minimum Gasteiger partial charge on any atom is -0.334 e. The van der Waals surface area contributed by atoms with Gasteiger partial charge in [-0.15, -0.1) is 0 Å². The molecule has 3 nitrogen and oxygen atoms in total. The molecule has 3 heteroatoms. The second-order valence-electron chi connectivity index (χ2n) is 4.26. The van der Waals surface area contributed by atoms with Gasteiger partial charge in [-0.2, -0.15) is 0 Å². The molecule has 0 aromatic heterocycles. The van der Waals surface area contributed by atoms with Crippen LogP contribution in [-0.4, -0.2) is 23.4 Å². The Morgan fingerprint density at radius 1 is 1.44 bits per heavy atom. The molecule has 0 saturated carbocycles. The van der Waals surface area contributed by atoms with Crippen LogP contribution in [0.4, 0.5) is 0 Å². The second-order valence-corrected chi connectivity index (χ2v) is 4.26. The van der Waals surface area contributed by atoms with E-state index in [1.54, 1.807) is 0 Å². The molecule has 1 aromatic carbocycles. The fourth-order valence-corrected chi connectivity index (χ4v) is 2.35. The molecule has 2 atom stereocenters. The number of hydrogen-bond donors (Lipinski definition) is 1. The predicted molar refractivity (Wildman–Crippen MR) is 63.8 cm³/mol. The van der Waals surface area contributed by atoms with Crippen LogP contribution in [0, 0.1) is 0 Å². The summed E-state index contributed by atoms with van der Waals surface area (Å²) in [4.78, 5) is 13.8. The number of likely N-dealkylation sites (tertiary alicyclic amines) is 1. The SMILES string of the molecule is CCC(c1ccccc1)N1CCC(N)C1=O. The fourth-order valence-electron chi connectivity index (χ4n) is 2.35. The van der Waals surface area contributed by atoms with Crippen molar-refractivity contribution >= 4 is 5.91 Å². The zero-order valence-electron chi connectivity index (χ0n) is 9.60. The molecule has 0 radical (unpaired) electrons. The Morgan fingerprint density at radius 3 is 2.62 bits per heavy atom. The lowest BCUT2D eigenvalue weighted by Gasteiger charge is -2.27. The number of nitrogens with two attached hydrogens (primary N) is 1. The average molecular weight is 218 g/mol. The predicted octanol–water partition coefficient (Wildman–Crippen LogP) is 1.70. The van der Waals surface area contributed by atoms with Gasteiger partial charge in [0, 0.05) is 6.54 Å². The molecule has 16 heavy (non-hydrogen) atoms. The number of carbonyl (C=O) groups is 1. The number of amides is 1. The second kappa shape index (κ2) is 4.66. The zero-order chi connectivity index (χ0) is 11.5. The normalized spacial score (nSPS) is 22.5. The van der Waals surface area contributed by atoms with E-state index in [1.807, 2.05) is 23.1 Å². The summed E-state index contributed by atoms with van der Waals surface area (Å²) in [5, 5.41) is 0. The highest BCUT2D eigenvalue weighted by Gasteiger charge is 2.33. The molecule has 1 amide bonds. The van der Waals surface area contributed by atoms with Crippen molar-refractivity contribution in [3.05, 3.63) is 35.9 Å². The fraction of sp³-hybridized carbons (Fsp3) is 0.462. The lowest BCUT2D eigenvalue weighted by molar-refractivity contribution is -0.130. The molecule has 1 aliphatic heterocycles. The highest BCUT2D eigenvalue weighted by atomic mass is 16.2. The molecule has 0 spiro atoms. The van der Waals surface area contributed by atoms with Crippen LogP contribution in [0.3, 0.4) is 0 Å². The summed E-state index contributed by atoms with van der Waals surface area (Å²) in [5.41, 5.74) is 6.95. The van der Waals surface area contributed by atoms with Gasteiger partial charge < -0.3 is 10.6 Å². The molecule has 86 valence electrons. The number of carbonyl (C=O) groups excluding carboxylic acids is 1. The quantitative estimate of drug-likeness (QED) is 0.839. The summed E-state index contributed by atoms with van der Waals surface area (Å²) in [7, 11) is 0. The molecular weight excluding hydrogens is 200 g/mol. The van der Waals surface area contributed by atoms with Gasteiger partial charge in [-0.1, -0.05) is 37.3 Å². The van der Waals surface area contributed by atoms with Gasteiger partial charge in [-0.05, 0) is 18.4 Å². The molecule has 2 rings (SSSR count). The van der Waals surface area contributed by atoms with Crippen molar-refractivity contribution in [1.29, 1.82) is 0 Å². The summed E-state index contributed by atoms with van der Waals surface area (Å²) in [6.45, 7) is 2.89. The Balaban J connectivity index is 2.21. The van der Waals surface area contributed by atoms with Gasteiger partial charge in [-0.25, -0.2) is 0 Å². The van der Waals surface area contributed by atoms with E-state index in [9.17, 15) is 4.79 Å². The molecule has 1 saturated heterocycles. The summed E-state index contributed by atoms with van der Waals surface area (Å²) < 4.78 is 0. The standard InChI is InChI=1S/C13H18N2O/c1-2-12(10-6-4-3-5-7-10)15-9-8-11(14)13(15)16/h3-7,11-12H,2,8-9,14H2,1H3. The molecule has 1 aliphatic rings. The van der Waals surface area contributed by atoms with Gasteiger partial charge in [0.1, 0.15) is 0 Å². The molecule has 0 bridgehead atoms. The Bertz CT molecular complexity index is 363. The number of hydrogen-bond acceptors (Lipinski definition) is 2. The summed E-state index contributed by atoms with van der Waals surface area (Å²) in [5.74, 6) is 0.0932. The first kappa shape index (κ1) is 11.1. The van der Waals surface area contributed by atoms with Gasteiger partial charge in [0.2, 0.25) is 5.91 Å². The molecular formula is C13H18N2O. The molecule has 1 fully saturated rings. The van der Waals surface area contributed by atoms with Crippen molar-refractivity contribution < 1.29 is 4.79 Å². The molecule has 1 heterocycles. The first-order valence-corrected chi connectivity index (χ1v) is 5.85. The van der Waals surface area contributed by atoms with E-state index in [1.165, 1.54) is 5.56 Å². The van der Waals surface area contributed by atoms with Crippen LogP contribution in [0.1, 0.15) is 31.4 Å². The number of rotatable bonds is 3. The van der Waals surface area contributed by atoms with Crippen molar-refractivity contribution in [3.63, 3.8) is 0 Å². The van der Waals surface area contributed by atoms with E-state index in [4.69, 9.17) is 5.73 Å². The van der Waals surface area contributed by atoms with E-state index >= 15 is 0 Å². The summed E-state index contributed by atoms with van der Waals surface area (Å²) in [6.07, 6.45) is 1.71. The van der Waals surface area contributed by atoms with Gasteiger partial charge in [0.25, 0.3) is 0 Å². The van der Waals surface area contributed by atoms with Crippen molar-refractivity contribution in [3.8, 4) is 0 Å². The largest absolute Gasteiger partial charge is 0.334 e. The molecule has 0 aliphatic carbocycles. The highest BCUT2D eigenvalue weighted by Crippen LogP contribution is 2.27. The van der Waals surface area contributed by atoms with Crippen LogP contribution >= 0.6 is 0 Å². The van der Waals surface area contributed by atoms with Crippen LogP contribution in [-0.2, 0) is 4.79 Å². The van der Waals surface area contributed by atoms with Crippen LogP contribution in [0.25, 0.3) is 0 Å². The first-order valence-electron chi connectivity index (χ1n) is 5.85. The Kier molecular flexibility index (Phi) is 3.25. The van der Waals surface area contributed by atoms with Crippen molar-refractivity contribution in [2.24, 2.45) is 5.73 Å². The van der Waals surface area contributed by atoms with Gasteiger partial charge in [-0.3, -0.25) is 4.79 Å². The van der Waals surface area contributed by atoms with E-state index < -0.39 is 0 Å². The van der Waals surface area contributed by atoms with Gasteiger partial charge in [0.05, 0.1) is 12.1 Å². The third-order valence-electron chi connectivity index (χ3n) is 3.23. The molecule has 2 unspecified atom stereocenters. The molecule has 1 aromatic rings. The first-order chi connectivity index (χ1) is 7.74. The van der Waals surface area contributed by atoms with E-state index in [0.29, 0.717) is 0 Å².